The first kappa shape index (κ1) is 30.0. The Morgan fingerprint density at radius 3 is 1.30 bits per heavy atom. The summed E-state index contributed by atoms with van der Waals surface area (Å²) in [6.45, 7) is 0. The molecule has 0 aliphatic heterocycles. The quantitative estimate of drug-likeness (QED) is 0.158. The van der Waals surface area contributed by atoms with Crippen LogP contribution in [0.25, 0.3) is 0 Å². The van der Waals surface area contributed by atoms with Gasteiger partial charge in [0, 0.05) is 12.4 Å². The number of halogens is 2. The standard InChI is InChI=1S/2C6H7N3.2CH3NS.2ClH.Ga/c2*7-9-5-6-3-1-2-4-8-6;2*2-1-3;;;/h2*1-5H,7H2;2*1H,(H2,2,3);2*1H;/q;;;;;;+1/p-2/b2*9-5-;;;;;. The molecule has 0 aromatic carbocycles. The van der Waals surface area contributed by atoms with Gasteiger partial charge in [-0.05, 0) is 24.3 Å². The molecule has 8 nitrogen and oxygen atoms in total. The number of aromatic nitrogens is 2. The molecule has 0 saturated carbocycles. The molecule has 27 heavy (non-hydrogen) atoms. The van der Waals surface area contributed by atoms with E-state index in [-0.39, 0.29) is 0 Å². The molecule has 2 rings (SSSR count). The van der Waals surface area contributed by atoms with Crippen LogP contribution in [0.1, 0.15) is 11.4 Å². The third-order valence-electron chi connectivity index (χ3n) is 1.79. The van der Waals surface area contributed by atoms with Gasteiger partial charge in [0.25, 0.3) is 0 Å². The van der Waals surface area contributed by atoms with Gasteiger partial charge in [0.15, 0.2) is 0 Å². The van der Waals surface area contributed by atoms with Crippen LogP contribution in [0.15, 0.2) is 59.0 Å². The van der Waals surface area contributed by atoms with Crippen molar-refractivity contribution in [2.75, 3.05) is 0 Å². The second-order valence-electron chi connectivity index (χ2n) is 3.42. The summed E-state index contributed by atoms with van der Waals surface area (Å²) in [6, 6.07) is 11.1. The van der Waals surface area contributed by atoms with Crippen molar-refractivity contribution in [1.29, 1.82) is 0 Å². The first-order valence-corrected chi connectivity index (χ1v) is 14.0. The average Bonchev–Trinajstić information content (AvgIpc) is 2.67. The molecule has 0 fully saturated rings. The van der Waals surface area contributed by atoms with Crippen LogP contribution >= 0.6 is 43.7 Å². The van der Waals surface area contributed by atoms with Crippen molar-refractivity contribution in [3.05, 3.63) is 60.2 Å². The Balaban J connectivity index is -0.000000300. The van der Waals surface area contributed by atoms with E-state index in [0.29, 0.717) is 0 Å². The third-order valence-corrected chi connectivity index (χ3v) is 1.79. The Labute approximate surface area is 185 Å². The molecule has 0 bridgehead atoms. The number of nitrogens with zero attached hydrogens (tertiary/aromatic N) is 4. The van der Waals surface area contributed by atoms with Crippen LogP contribution in [0.3, 0.4) is 0 Å². The normalized spacial score (nSPS) is 8.37. The number of thiocarbonyl (C=S) groups is 2. The van der Waals surface area contributed by atoms with Crippen molar-refractivity contribution in [2.24, 2.45) is 33.4 Å². The molecule has 13 heteroatoms. The summed E-state index contributed by atoms with van der Waals surface area (Å²) in [7, 11) is 9.84. The third kappa shape index (κ3) is 29.3. The van der Waals surface area contributed by atoms with E-state index in [2.05, 4.69) is 56.1 Å². The van der Waals surface area contributed by atoms with E-state index in [9.17, 15) is 0 Å². The Kier molecular flexibility index (Phi) is 32.2. The van der Waals surface area contributed by atoms with E-state index in [0.717, 1.165) is 22.4 Å². The molecule has 0 aliphatic rings. The molecule has 8 N–H and O–H groups in total. The van der Waals surface area contributed by atoms with Gasteiger partial charge in [-0.1, -0.05) is 36.6 Å². The molecular weight excluding hydrogens is 485 g/mol. The van der Waals surface area contributed by atoms with Crippen LogP contribution in [-0.2, 0) is 0 Å². The summed E-state index contributed by atoms with van der Waals surface area (Å²) in [5, 5.41) is 6.64. The van der Waals surface area contributed by atoms with Crippen molar-refractivity contribution in [1.82, 2.24) is 9.97 Å². The van der Waals surface area contributed by atoms with Crippen LogP contribution in [0, 0.1) is 0 Å². The molecule has 2 aromatic heterocycles. The zero-order valence-electron chi connectivity index (χ0n) is 14.2. The van der Waals surface area contributed by atoms with Crippen LogP contribution < -0.4 is 23.2 Å². The van der Waals surface area contributed by atoms with Gasteiger partial charge < -0.3 is 23.2 Å². The minimum atomic E-state index is -0.743. The number of hydrazone groups is 2. The second-order valence-corrected chi connectivity index (χ2v) is 7.74. The molecule has 0 atom stereocenters. The Bertz CT molecular complexity index is 553. The van der Waals surface area contributed by atoms with Gasteiger partial charge >= 0.3 is 34.7 Å². The summed E-state index contributed by atoms with van der Waals surface area (Å²) in [4.78, 5) is 7.88. The van der Waals surface area contributed by atoms with Gasteiger partial charge in [0.05, 0.1) is 34.8 Å². The minimum absolute atomic E-state index is 0.743. The topological polar surface area (TPSA) is 155 Å². The van der Waals surface area contributed by atoms with Crippen molar-refractivity contribution >= 4 is 82.5 Å². The molecule has 0 amide bonds. The Hall–Kier alpha value is -1.76. The summed E-state index contributed by atoms with van der Waals surface area (Å²) < 4.78 is 0. The summed E-state index contributed by atoms with van der Waals surface area (Å²) >= 11 is 7.35. The van der Waals surface area contributed by atoms with Gasteiger partial charge in [-0.15, -0.1) is 0 Å². The number of hydrogen-bond acceptors (Lipinski definition) is 8. The predicted molar refractivity (Wildman–Crippen MR) is 125 cm³/mol. The van der Waals surface area contributed by atoms with Crippen molar-refractivity contribution in [2.45, 2.75) is 0 Å². The molecular formula is C14H20Cl2GaN8S2-. The van der Waals surface area contributed by atoms with Gasteiger partial charge in [-0.3, -0.25) is 9.97 Å². The molecule has 2 radical (unpaired) electrons. The van der Waals surface area contributed by atoms with Gasteiger partial charge in [0.1, 0.15) is 0 Å². The molecule has 0 aliphatic carbocycles. The van der Waals surface area contributed by atoms with E-state index in [4.69, 9.17) is 31.0 Å². The van der Waals surface area contributed by atoms with Gasteiger partial charge in [-0.25, -0.2) is 0 Å². The monoisotopic (exact) mass is 503 g/mol. The van der Waals surface area contributed by atoms with Crippen molar-refractivity contribution < 1.29 is 0 Å². The van der Waals surface area contributed by atoms with Crippen molar-refractivity contribution in [3.63, 3.8) is 0 Å². The van der Waals surface area contributed by atoms with Gasteiger partial charge in [-0.2, -0.15) is 10.2 Å². The summed E-state index contributed by atoms with van der Waals surface area (Å²) in [5.41, 5.74) is 12.8. The van der Waals surface area contributed by atoms with E-state index in [1.54, 1.807) is 12.4 Å². The maximum absolute atomic E-state index is 4.92. The van der Waals surface area contributed by atoms with Crippen LogP contribution in [0.4, 0.5) is 0 Å². The van der Waals surface area contributed by atoms with E-state index >= 15 is 0 Å². The van der Waals surface area contributed by atoms with Crippen LogP contribution in [0.5, 0.6) is 0 Å². The first-order chi connectivity index (χ1) is 13.1. The predicted octanol–water partition coefficient (Wildman–Crippen LogP) is 1.55. The number of pyridine rings is 2. The second kappa shape index (κ2) is 29.0. The number of nitrogens with two attached hydrogens (primary N) is 4. The SMILES string of the molecule is N/N=C\c1ccccn1.N/N=C\c1ccccn1.NC=S.NC=S.[Cl][Ga-][Cl]. The Morgan fingerprint density at radius 1 is 0.815 bits per heavy atom. The molecule has 146 valence electrons. The maximum atomic E-state index is 4.92. The molecule has 0 unspecified atom stereocenters. The van der Waals surface area contributed by atoms with E-state index in [1.807, 2.05) is 36.4 Å². The van der Waals surface area contributed by atoms with Crippen LogP contribution in [-0.4, -0.2) is 48.8 Å². The van der Waals surface area contributed by atoms with E-state index < -0.39 is 15.4 Å². The zero-order chi connectivity index (χ0) is 21.2. The summed E-state index contributed by atoms with van der Waals surface area (Å²) in [6.07, 6.45) is 6.38. The molecule has 2 aromatic rings. The number of hydrogen-bond donors (Lipinski definition) is 4. The molecule has 2 heterocycles. The van der Waals surface area contributed by atoms with Crippen LogP contribution in [0.2, 0.25) is 0 Å². The number of rotatable bonds is 2. The zero-order valence-corrected chi connectivity index (χ0v) is 19.7. The molecule has 0 saturated heterocycles. The summed E-state index contributed by atoms with van der Waals surface area (Å²) in [5.74, 6) is 9.78. The van der Waals surface area contributed by atoms with E-state index in [1.165, 1.54) is 12.4 Å². The molecule has 0 spiro atoms. The van der Waals surface area contributed by atoms with Crippen molar-refractivity contribution in [3.8, 4) is 0 Å². The fourth-order valence-electron chi connectivity index (χ4n) is 1.06. The Morgan fingerprint density at radius 2 is 1.11 bits per heavy atom. The van der Waals surface area contributed by atoms with Gasteiger partial charge in [0.2, 0.25) is 0 Å². The fourth-order valence-corrected chi connectivity index (χ4v) is 1.06. The fraction of sp³-hybridized carbons (Fsp3) is 0. The average molecular weight is 505 g/mol. The first-order valence-electron chi connectivity index (χ1n) is 6.73.